The van der Waals surface area contributed by atoms with Crippen LogP contribution in [0.3, 0.4) is 0 Å². The average molecular weight is 369 g/mol. The highest BCUT2D eigenvalue weighted by molar-refractivity contribution is 7.13. The number of thiazole rings is 1. The first-order chi connectivity index (χ1) is 12.7. The Morgan fingerprint density at radius 2 is 2.08 bits per heavy atom. The Bertz CT molecular complexity index is 884. The number of aromatic nitrogens is 5. The van der Waals surface area contributed by atoms with Gasteiger partial charge in [0.2, 0.25) is 0 Å². The van der Waals surface area contributed by atoms with Gasteiger partial charge in [-0.1, -0.05) is 0 Å². The third kappa shape index (κ3) is 3.43. The number of anilines is 2. The molecule has 4 rings (SSSR count). The maximum atomic E-state index is 12.4. The molecule has 1 aliphatic heterocycles. The molecule has 0 bridgehead atoms. The number of piperidine rings is 1. The molecule has 1 fully saturated rings. The predicted octanol–water partition coefficient (Wildman–Crippen LogP) is 2.73. The van der Waals surface area contributed by atoms with Crippen molar-refractivity contribution in [3.8, 4) is 0 Å². The van der Waals surface area contributed by atoms with E-state index in [1.54, 1.807) is 36.0 Å². The normalized spacial score (nSPS) is 15.2. The number of nitrogens with one attached hydrogen (secondary N) is 2. The monoisotopic (exact) mass is 369 g/mol. The second kappa shape index (κ2) is 7.20. The van der Waals surface area contributed by atoms with Gasteiger partial charge in [0.05, 0.1) is 11.4 Å². The summed E-state index contributed by atoms with van der Waals surface area (Å²) in [6.45, 7) is 3.34. The fraction of sp³-hybridized carbons (Fsp3) is 0.353. The molecular weight excluding hydrogens is 350 g/mol. The number of hydrogen-bond donors (Lipinski definition) is 2. The van der Waals surface area contributed by atoms with E-state index in [-0.39, 0.29) is 11.8 Å². The van der Waals surface area contributed by atoms with Crippen LogP contribution in [0.25, 0.3) is 0 Å². The van der Waals surface area contributed by atoms with Gasteiger partial charge in [-0.2, -0.15) is 5.10 Å². The third-order valence-electron chi connectivity index (χ3n) is 4.47. The number of carbonyl (C=O) groups excluding carboxylic acids is 1. The van der Waals surface area contributed by atoms with E-state index in [0.717, 1.165) is 35.2 Å². The van der Waals surface area contributed by atoms with Gasteiger partial charge in [0.15, 0.2) is 10.9 Å². The zero-order chi connectivity index (χ0) is 17.9. The van der Waals surface area contributed by atoms with Crippen LogP contribution in [-0.2, 0) is 0 Å². The Labute approximate surface area is 154 Å². The van der Waals surface area contributed by atoms with Crippen LogP contribution in [0.2, 0.25) is 0 Å². The summed E-state index contributed by atoms with van der Waals surface area (Å²) in [7, 11) is 0. The first-order valence-corrected chi connectivity index (χ1v) is 9.37. The maximum Gasteiger partial charge on any atom is 0.271 e. The molecule has 2 N–H and O–H groups in total. The molecule has 0 spiro atoms. The predicted molar refractivity (Wildman–Crippen MR) is 98.6 cm³/mol. The van der Waals surface area contributed by atoms with E-state index in [1.165, 1.54) is 0 Å². The van der Waals surface area contributed by atoms with Crippen molar-refractivity contribution < 1.29 is 4.79 Å². The Balaban J connectivity index is 1.45. The maximum absolute atomic E-state index is 12.4. The van der Waals surface area contributed by atoms with Crippen LogP contribution in [-0.4, -0.2) is 49.0 Å². The number of amides is 1. The molecule has 1 aliphatic rings. The van der Waals surface area contributed by atoms with Crippen molar-refractivity contribution in [2.45, 2.75) is 25.7 Å². The van der Waals surface area contributed by atoms with Gasteiger partial charge in [-0.3, -0.25) is 14.9 Å². The molecule has 4 heterocycles. The van der Waals surface area contributed by atoms with Crippen molar-refractivity contribution in [2.75, 3.05) is 18.4 Å². The van der Waals surface area contributed by atoms with Crippen LogP contribution in [0.1, 0.15) is 40.6 Å². The fourth-order valence-electron chi connectivity index (χ4n) is 3.16. The zero-order valence-electron chi connectivity index (χ0n) is 14.3. The number of hydrogen-bond acceptors (Lipinski definition) is 7. The lowest BCUT2D eigenvalue weighted by Gasteiger charge is -2.31. The van der Waals surface area contributed by atoms with E-state index in [4.69, 9.17) is 0 Å². The van der Waals surface area contributed by atoms with Gasteiger partial charge in [-0.15, -0.1) is 11.3 Å². The smallest absolute Gasteiger partial charge is 0.271 e. The lowest BCUT2D eigenvalue weighted by Crippen LogP contribution is -2.38. The van der Waals surface area contributed by atoms with Gasteiger partial charge in [-0.05, 0) is 25.8 Å². The molecule has 134 valence electrons. The minimum Gasteiger partial charge on any atom is -0.337 e. The van der Waals surface area contributed by atoms with Crippen LogP contribution in [0.4, 0.5) is 10.9 Å². The van der Waals surface area contributed by atoms with Gasteiger partial charge >= 0.3 is 0 Å². The molecule has 9 heteroatoms. The number of H-pyrrole nitrogens is 1. The topological polar surface area (TPSA) is 99.7 Å². The van der Waals surface area contributed by atoms with E-state index in [0.29, 0.717) is 18.8 Å². The molecule has 0 unspecified atom stereocenters. The highest BCUT2D eigenvalue weighted by Gasteiger charge is 2.27. The molecule has 3 aromatic heterocycles. The fourth-order valence-corrected chi connectivity index (χ4v) is 3.85. The van der Waals surface area contributed by atoms with Gasteiger partial charge in [0.1, 0.15) is 5.69 Å². The van der Waals surface area contributed by atoms with Crippen LogP contribution in [0.5, 0.6) is 0 Å². The number of likely N-dealkylation sites (tertiary alicyclic amines) is 1. The zero-order valence-corrected chi connectivity index (χ0v) is 15.2. The number of carbonyl (C=O) groups is 1. The van der Waals surface area contributed by atoms with Gasteiger partial charge in [-0.25, -0.2) is 9.97 Å². The standard InChI is InChI=1S/C17H19N7OS/c1-11-10-26-17(21-11)22-15-14(18-6-7-19-15)12-3-8-24(9-4-12)16(25)13-2-5-20-23-13/h2,5-7,10,12H,3-4,8-9H2,1H3,(H,20,23)(H,19,21,22). The minimum absolute atomic E-state index is 0.00305. The lowest BCUT2D eigenvalue weighted by molar-refractivity contribution is 0.0706. The number of rotatable bonds is 4. The molecule has 26 heavy (non-hydrogen) atoms. The lowest BCUT2D eigenvalue weighted by atomic mass is 9.93. The number of nitrogens with zero attached hydrogens (tertiary/aromatic N) is 5. The first kappa shape index (κ1) is 16.6. The molecular formula is C17H19N7OS. The molecule has 8 nitrogen and oxygen atoms in total. The summed E-state index contributed by atoms with van der Waals surface area (Å²) in [6, 6.07) is 1.70. The Morgan fingerprint density at radius 1 is 1.27 bits per heavy atom. The summed E-state index contributed by atoms with van der Waals surface area (Å²) in [5.41, 5.74) is 2.45. The van der Waals surface area contributed by atoms with Gasteiger partial charge in [0.25, 0.3) is 5.91 Å². The molecule has 1 amide bonds. The molecule has 1 saturated heterocycles. The van der Waals surface area contributed by atoms with Crippen molar-refractivity contribution in [3.63, 3.8) is 0 Å². The van der Waals surface area contributed by atoms with E-state index >= 15 is 0 Å². The van der Waals surface area contributed by atoms with E-state index in [1.807, 2.05) is 17.2 Å². The minimum atomic E-state index is -0.00305. The molecule has 0 aromatic carbocycles. The van der Waals surface area contributed by atoms with Crippen molar-refractivity contribution in [3.05, 3.63) is 47.1 Å². The van der Waals surface area contributed by atoms with Crippen molar-refractivity contribution in [1.82, 2.24) is 30.0 Å². The largest absolute Gasteiger partial charge is 0.337 e. The van der Waals surface area contributed by atoms with Crippen LogP contribution >= 0.6 is 11.3 Å². The second-order valence-corrected chi connectivity index (χ2v) is 7.10. The van der Waals surface area contributed by atoms with Crippen LogP contribution in [0, 0.1) is 6.92 Å². The summed E-state index contributed by atoms with van der Waals surface area (Å²) in [6.07, 6.45) is 6.70. The number of aryl methyl sites for hydroxylation is 1. The molecule has 3 aromatic rings. The Hall–Kier alpha value is -2.81. The summed E-state index contributed by atoms with van der Waals surface area (Å²) in [5.74, 6) is 1.01. The second-order valence-electron chi connectivity index (χ2n) is 6.25. The van der Waals surface area contributed by atoms with Crippen molar-refractivity contribution in [1.29, 1.82) is 0 Å². The van der Waals surface area contributed by atoms with Crippen LogP contribution in [0.15, 0.2) is 30.0 Å². The summed E-state index contributed by atoms with van der Waals surface area (Å²) in [5, 5.41) is 12.7. The highest BCUT2D eigenvalue weighted by atomic mass is 32.1. The van der Waals surface area contributed by atoms with Crippen LogP contribution < -0.4 is 5.32 Å². The summed E-state index contributed by atoms with van der Waals surface area (Å²) < 4.78 is 0. The van der Waals surface area contributed by atoms with E-state index < -0.39 is 0 Å². The molecule has 0 atom stereocenters. The van der Waals surface area contributed by atoms with E-state index in [9.17, 15) is 4.79 Å². The van der Waals surface area contributed by atoms with Crippen molar-refractivity contribution in [2.24, 2.45) is 0 Å². The highest BCUT2D eigenvalue weighted by Crippen LogP contribution is 2.32. The molecule has 0 radical (unpaired) electrons. The van der Waals surface area contributed by atoms with Crippen molar-refractivity contribution >= 4 is 28.2 Å². The molecule has 0 aliphatic carbocycles. The SMILES string of the molecule is Cc1csc(Nc2nccnc2C2CCN(C(=O)c3ccn[nH]3)CC2)n1. The van der Waals surface area contributed by atoms with Gasteiger partial charge < -0.3 is 10.2 Å². The average Bonchev–Trinajstić information content (AvgIpc) is 3.34. The quantitative estimate of drug-likeness (QED) is 0.733. The third-order valence-corrected chi connectivity index (χ3v) is 5.35. The molecule has 0 saturated carbocycles. The summed E-state index contributed by atoms with van der Waals surface area (Å²) in [4.78, 5) is 27.7. The van der Waals surface area contributed by atoms with Gasteiger partial charge in [0, 0.05) is 43.0 Å². The first-order valence-electron chi connectivity index (χ1n) is 8.49. The summed E-state index contributed by atoms with van der Waals surface area (Å²) >= 11 is 1.55. The van der Waals surface area contributed by atoms with E-state index in [2.05, 4.69) is 30.5 Å². The Morgan fingerprint density at radius 3 is 2.77 bits per heavy atom. The number of aromatic amines is 1. The Kier molecular flexibility index (Phi) is 4.61.